The summed E-state index contributed by atoms with van der Waals surface area (Å²) in [6, 6.07) is 6.73. The van der Waals surface area contributed by atoms with Crippen LogP contribution in [0.1, 0.15) is 5.82 Å². The van der Waals surface area contributed by atoms with E-state index in [-0.39, 0.29) is 30.6 Å². The fourth-order valence-corrected chi connectivity index (χ4v) is 2.41. The largest absolute Gasteiger partial charge is 0.369 e. The first kappa shape index (κ1) is 17.8. The van der Waals surface area contributed by atoms with Crippen LogP contribution in [-0.2, 0) is 6.54 Å². The zero-order valence-corrected chi connectivity index (χ0v) is 13.2. The Morgan fingerprint density at radius 1 is 1.05 bits per heavy atom. The van der Waals surface area contributed by atoms with Gasteiger partial charge >= 0.3 is 0 Å². The highest BCUT2D eigenvalue weighted by Crippen LogP contribution is 2.17. The van der Waals surface area contributed by atoms with Gasteiger partial charge in [0.15, 0.2) is 0 Å². The molecule has 1 aliphatic heterocycles. The Bertz CT molecular complexity index is 510. The first-order chi connectivity index (χ1) is 9.31. The highest BCUT2D eigenvalue weighted by Gasteiger charge is 2.17. The minimum absolute atomic E-state index is 0. The standard InChI is InChI=1S/C14H17FN4.2ClH/c15-12-1-3-13(4-2-12)19-9-7-18(8-10-19)11-14-16-5-6-17-14;;/h1-6H,7-11H2,(H,16,17);2*1H. The van der Waals surface area contributed by atoms with E-state index in [4.69, 9.17) is 0 Å². The molecule has 2 aromatic rings. The van der Waals surface area contributed by atoms with Crippen molar-refractivity contribution in [2.24, 2.45) is 0 Å². The van der Waals surface area contributed by atoms with Gasteiger partial charge in [-0.1, -0.05) is 0 Å². The third-order valence-electron chi connectivity index (χ3n) is 3.49. The van der Waals surface area contributed by atoms with E-state index in [9.17, 15) is 4.39 Å². The maximum Gasteiger partial charge on any atom is 0.123 e. The SMILES string of the molecule is Cl.Cl.Fc1ccc(N2CCN(Cc3ncc[nH]3)CC2)cc1. The smallest absolute Gasteiger partial charge is 0.123 e. The normalized spacial score (nSPS) is 15.2. The quantitative estimate of drug-likeness (QED) is 0.938. The summed E-state index contributed by atoms with van der Waals surface area (Å²) in [6.45, 7) is 4.79. The van der Waals surface area contributed by atoms with Crippen LogP contribution < -0.4 is 4.90 Å². The summed E-state index contributed by atoms with van der Waals surface area (Å²) in [5.74, 6) is 0.829. The monoisotopic (exact) mass is 332 g/mol. The summed E-state index contributed by atoms with van der Waals surface area (Å²) < 4.78 is 12.9. The number of aromatic nitrogens is 2. The molecule has 0 spiro atoms. The fraction of sp³-hybridized carbons (Fsp3) is 0.357. The summed E-state index contributed by atoms with van der Waals surface area (Å²) in [4.78, 5) is 12.0. The summed E-state index contributed by atoms with van der Waals surface area (Å²) in [5.41, 5.74) is 1.10. The Hall–Kier alpha value is -1.30. The average molecular weight is 333 g/mol. The van der Waals surface area contributed by atoms with Crippen molar-refractivity contribution >= 4 is 30.5 Å². The van der Waals surface area contributed by atoms with E-state index in [2.05, 4.69) is 19.8 Å². The number of nitrogens with one attached hydrogen (secondary N) is 1. The molecule has 1 N–H and O–H groups in total. The molecule has 21 heavy (non-hydrogen) atoms. The van der Waals surface area contributed by atoms with E-state index >= 15 is 0 Å². The van der Waals surface area contributed by atoms with Crippen molar-refractivity contribution in [1.29, 1.82) is 0 Å². The molecule has 0 radical (unpaired) electrons. The number of rotatable bonds is 3. The molecule has 1 saturated heterocycles. The molecule has 1 aromatic heterocycles. The van der Waals surface area contributed by atoms with Gasteiger partial charge in [0, 0.05) is 44.3 Å². The second kappa shape index (κ2) is 8.22. The van der Waals surface area contributed by atoms with Crippen LogP contribution in [0.25, 0.3) is 0 Å². The molecule has 1 aliphatic rings. The van der Waals surface area contributed by atoms with Crippen LogP contribution in [0.15, 0.2) is 36.7 Å². The lowest BCUT2D eigenvalue weighted by Crippen LogP contribution is -2.46. The predicted molar refractivity (Wildman–Crippen MR) is 87.0 cm³/mol. The van der Waals surface area contributed by atoms with Gasteiger partial charge in [0.2, 0.25) is 0 Å². The molecule has 0 amide bonds. The Labute approximate surface area is 136 Å². The van der Waals surface area contributed by atoms with Gasteiger partial charge in [-0.2, -0.15) is 0 Å². The second-order valence-electron chi connectivity index (χ2n) is 4.78. The van der Waals surface area contributed by atoms with E-state index in [1.54, 1.807) is 6.20 Å². The number of halogens is 3. The Kier molecular flexibility index (Phi) is 6.95. The first-order valence-electron chi connectivity index (χ1n) is 6.52. The van der Waals surface area contributed by atoms with Crippen molar-refractivity contribution in [3.63, 3.8) is 0 Å². The summed E-state index contributed by atoms with van der Waals surface area (Å²) in [6.07, 6.45) is 3.63. The third-order valence-corrected chi connectivity index (χ3v) is 3.49. The van der Waals surface area contributed by atoms with Crippen molar-refractivity contribution in [2.75, 3.05) is 31.1 Å². The van der Waals surface area contributed by atoms with E-state index < -0.39 is 0 Å². The van der Waals surface area contributed by atoms with E-state index in [1.807, 2.05) is 18.3 Å². The van der Waals surface area contributed by atoms with Gasteiger partial charge in [0.25, 0.3) is 0 Å². The Morgan fingerprint density at radius 2 is 1.71 bits per heavy atom. The molecule has 7 heteroatoms. The second-order valence-corrected chi connectivity index (χ2v) is 4.78. The van der Waals surface area contributed by atoms with Gasteiger partial charge in [-0.25, -0.2) is 9.37 Å². The predicted octanol–water partition coefficient (Wildman–Crippen LogP) is 2.71. The van der Waals surface area contributed by atoms with Crippen LogP contribution in [0.2, 0.25) is 0 Å². The molecule has 1 fully saturated rings. The number of nitrogens with zero attached hydrogens (tertiary/aromatic N) is 3. The maximum absolute atomic E-state index is 12.9. The number of hydrogen-bond donors (Lipinski definition) is 1. The summed E-state index contributed by atoms with van der Waals surface area (Å²) in [5, 5.41) is 0. The van der Waals surface area contributed by atoms with Gasteiger partial charge in [-0.3, -0.25) is 4.90 Å². The highest BCUT2D eigenvalue weighted by molar-refractivity contribution is 5.85. The lowest BCUT2D eigenvalue weighted by Gasteiger charge is -2.35. The molecule has 1 aromatic carbocycles. The molecule has 116 valence electrons. The van der Waals surface area contributed by atoms with Crippen molar-refractivity contribution in [1.82, 2.24) is 14.9 Å². The zero-order chi connectivity index (χ0) is 13.1. The number of benzene rings is 1. The number of piperazine rings is 1. The lowest BCUT2D eigenvalue weighted by molar-refractivity contribution is 0.244. The summed E-state index contributed by atoms with van der Waals surface area (Å²) in [7, 11) is 0. The number of H-pyrrole nitrogens is 1. The van der Waals surface area contributed by atoms with Crippen LogP contribution in [0.5, 0.6) is 0 Å². The van der Waals surface area contributed by atoms with Crippen LogP contribution in [-0.4, -0.2) is 41.0 Å². The van der Waals surface area contributed by atoms with E-state index in [1.165, 1.54) is 12.1 Å². The van der Waals surface area contributed by atoms with Crippen LogP contribution >= 0.6 is 24.8 Å². The van der Waals surface area contributed by atoms with Crippen LogP contribution in [0.4, 0.5) is 10.1 Å². The van der Waals surface area contributed by atoms with E-state index in [0.29, 0.717) is 0 Å². The van der Waals surface area contributed by atoms with Gasteiger partial charge < -0.3 is 9.88 Å². The number of hydrogen-bond acceptors (Lipinski definition) is 3. The Morgan fingerprint density at radius 3 is 2.29 bits per heavy atom. The van der Waals surface area contributed by atoms with Gasteiger partial charge in [-0.15, -0.1) is 24.8 Å². The zero-order valence-electron chi connectivity index (χ0n) is 11.5. The fourth-order valence-electron chi connectivity index (χ4n) is 2.41. The molecule has 0 bridgehead atoms. The van der Waals surface area contributed by atoms with Gasteiger partial charge in [0.05, 0.1) is 6.54 Å². The van der Waals surface area contributed by atoms with Crippen LogP contribution in [0, 0.1) is 5.82 Å². The number of imidazole rings is 1. The minimum atomic E-state index is -0.180. The van der Waals surface area contributed by atoms with Crippen LogP contribution in [0.3, 0.4) is 0 Å². The third kappa shape index (κ3) is 4.59. The molecule has 0 unspecified atom stereocenters. The molecule has 0 aliphatic carbocycles. The molecular weight excluding hydrogens is 314 g/mol. The topological polar surface area (TPSA) is 35.2 Å². The van der Waals surface area contributed by atoms with Gasteiger partial charge in [0.1, 0.15) is 11.6 Å². The lowest BCUT2D eigenvalue weighted by atomic mass is 10.2. The molecule has 2 heterocycles. The molecule has 4 nitrogen and oxygen atoms in total. The molecule has 3 rings (SSSR count). The van der Waals surface area contributed by atoms with Crippen molar-refractivity contribution in [3.05, 3.63) is 48.3 Å². The molecular formula is C14H19Cl2FN4. The number of aromatic amines is 1. The van der Waals surface area contributed by atoms with Crippen molar-refractivity contribution in [3.8, 4) is 0 Å². The number of anilines is 1. The van der Waals surface area contributed by atoms with Gasteiger partial charge in [-0.05, 0) is 24.3 Å². The highest BCUT2D eigenvalue weighted by atomic mass is 35.5. The first-order valence-corrected chi connectivity index (χ1v) is 6.52. The van der Waals surface area contributed by atoms with Crippen molar-refractivity contribution in [2.45, 2.75) is 6.54 Å². The van der Waals surface area contributed by atoms with E-state index in [0.717, 1.165) is 44.2 Å². The average Bonchev–Trinajstić information content (AvgIpc) is 2.94. The van der Waals surface area contributed by atoms with Crippen molar-refractivity contribution < 1.29 is 4.39 Å². The maximum atomic E-state index is 12.9. The summed E-state index contributed by atoms with van der Waals surface area (Å²) >= 11 is 0. The molecule has 0 atom stereocenters. The minimum Gasteiger partial charge on any atom is -0.369 e. The Balaban J connectivity index is 0.00000110. The molecule has 0 saturated carbocycles.